The van der Waals surface area contributed by atoms with E-state index < -0.39 is 23.6 Å². The predicted octanol–water partition coefficient (Wildman–Crippen LogP) is -0.306. The van der Waals surface area contributed by atoms with Gasteiger partial charge in [-0.2, -0.15) is 0 Å². The summed E-state index contributed by atoms with van der Waals surface area (Å²) in [7, 11) is 0. The van der Waals surface area contributed by atoms with Crippen molar-refractivity contribution in [1.82, 2.24) is 29.8 Å². The summed E-state index contributed by atoms with van der Waals surface area (Å²) in [5, 5.41) is 2.54. The van der Waals surface area contributed by atoms with Gasteiger partial charge in [0.05, 0.1) is 6.20 Å². The molecule has 27 heavy (non-hydrogen) atoms. The number of imidazole rings is 2. The van der Waals surface area contributed by atoms with Gasteiger partial charge in [-0.25, -0.2) is 15.0 Å². The summed E-state index contributed by atoms with van der Waals surface area (Å²) in [5.74, 6) is -1.16. The molecule has 3 aromatic rings. The first kappa shape index (κ1) is 18.0. The van der Waals surface area contributed by atoms with Crippen LogP contribution in [0, 0.1) is 6.92 Å². The molecule has 4 N–H and O–H groups in total. The minimum Gasteiger partial charge on any atom is -0.363 e. The molecule has 0 aromatic carbocycles. The number of nitrogens with zero attached hydrogens (tertiary/aromatic N) is 4. The molecule has 10 nitrogen and oxygen atoms in total. The summed E-state index contributed by atoms with van der Waals surface area (Å²) < 4.78 is 1.55. The molecule has 2 amide bonds. The number of pyridine rings is 1. The van der Waals surface area contributed by atoms with Crippen LogP contribution in [0.25, 0.3) is 5.82 Å². The van der Waals surface area contributed by atoms with Crippen LogP contribution in [0.5, 0.6) is 0 Å². The van der Waals surface area contributed by atoms with Crippen molar-refractivity contribution in [3.8, 4) is 5.82 Å². The highest BCUT2D eigenvalue weighted by molar-refractivity contribution is 6.38. The van der Waals surface area contributed by atoms with Crippen molar-refractivity contribution in [2.24, 2.45) is 5.73 Å². The SMILES string of the molecule is Cc1ncc(C(=O)NC(Cc2ncc[nH]2)C(=O)C(N)=O)n1-c1ccccn1. The molecule has 0 aliphatic rings. The third-order valence-corrected chi connectivity index (χ3v) is 3.87. The molecule has 0 bridgehead atoms. The van der Waals surface area contributed by atoms with Gasteiger partial charge in [0.2, 0.25) is 5.78 Å². The highest BCUT2D eigenvalue weighted by Gasteiger charge is 2.28. The first-order valence-electron chi connectivity index (χ1n) is 8.06. The van der Waals surface area contributed by atoms with Gasteiger partial charge in [-0.15, -0.1) is 0 Å². The topological polar surface area (TPSA) is 149 Å². The Bertz CT molecular complexity index is 964. The lowest BCUT2D eigenvalue weighted by molar-refractivity contribution is -0.137. The van der Waals surface area contributed by atoms with Crippen LogP contribution in [-0.2, 0) is 16.0 Å². The Labute approximate surface area is 153 Å². The molecule has 0 saturated heterocycles. The number of primary amides is 1. The Morgan fingerprint density at radius 2 is 2.04 bits per heavy atom. The van der Waals surface area contributed by atoms with Crippen LogP contribution in [0.2, 0.25) is 0 Å². The second kappa shape index (κ2) is 7.60. The predicted molar refractivity (Wildman–Crippen MR) is 93.8 cm³/mol. The minimum absolute atomic E-state index is 0.00276. The second-order valence-corrected chi connectivity index (χ2v) is 5.71. The van der Waals surface area contributed by atoms with Crippen molar-refractivity contribution >= 4 is 17.6 Å². The van der Waals surface area contributed by atoms with E-state index in [1.165, 1.54) is 12.4 Å². The number of carbonyl (C=O) groups excluding carboxylic acids is 3. The highest BCUT2D eigenvalue weighted by Crippen LogP contribution is 2.13. The third-order valence-electron chi connectivity index (χ3n) is 3.87. The minimum atomic E-state index is -1.16. The number of nitrogens with two attached hydrogens (primary N) is 1. The smallest absolute Gasteiger partial charge is 0.287 e. The third kappa shape index (κ3) is 3.89. The van der Waals surface area contributed by atoms with Gasteiger partial charge in [-0.3, -0.25) is 19.0 Å². The summed E-state index contributed by atoms with van der Waals surface area (Å²) in [6.07, 6.45) is 6.03. The highest BCUT2D eigenvalue weighted by atomic mass is 16.2. The maximum atomic E-state index is 12.8. The number of aromatic amines is 1. The van der Waals surface area contributed by atoms with E-state index in [0.717, 1.165) is 0 Å². The van der Waals surface area contributed by atoms with Crippen LogP contribution >= 0.6 is 0 Å². The van der Waals surface area contributed by atoms with E-state index in [0.29, 0.717) is 17.5 Å². The number of hydrogen-bond donors (Lipinski definition) is 3. The van der Waals surface area contributed by atoms with Crippen molar-refractivity contribution in [3.63, 3.8) is 0 Å². The van der Waals surface area contributed by atoms with Gasteiger partial charge in [-0.05, 0) is 19.1 Å². The van der Waals surface area contributed by atoms with Crippen molar-refractivity contribution in [2.75, 3.05) is 0 Å². The summed E-state index contributed by atoms with van der Waals surface area (Å²) in [4.78, 5) is 51.4. The Kier molecular flexibility index (Phi) is 5.06. The molecule has 0 saturated carbocycles. The molecule has 3 aromatic heterocycles. The molecule has 3 rings (SSSR count). The van der Waals surface area contributed by atoms with E-state index in [1.807, 2.05) is 0 Å². The zero-order chi connectivity index (χ0) is 19.4. The number of ketones is 1. The molecule has 10 heteroatoms. The van der Waals surface area contributed by atoms with Gasteiger partial charge in [-0.1, -0.05) is 6.07 Å². The fourth-order valence-electron chi connectivity index (χ4n) is 2.60. The fourth-order valence-corrected chi connectivity index (χ4v) is 2.60. The fraction of sp³-hybridized carbons (Fsp3) is 0.176. The molecule has 138 valence electrons. The van der Waals surface area contributed by atoms with Crippen molar-refractivity contribution in [1.29, 1.82) is 0 Å². The van der Waals surface area contributed by atoms with Gasteiger partial charge in [0.15, 0.2) is 0 Å². The van der Waals surface area contributed by atoms with Crippen molar-refractivity contribution in [2.45, 2.75) is 19.4 Å². The number of H-pyrrole nitrogens is 1. The van der Waals surface area contributed by atoms with Crippen LogP contribution in [-0.4, -0.2) is 48.1 Å². The number of rotatable bonds is 7. The summed E-state index contributed by atoms with van der Waals surface area (Å²) >= 11 is 0. The van der Waals surface area contributed by atoms with E-state index in [1.54, 1.807) is 42.1 Å². The maximum Gasteiger partial charge on any atom is 0.287 e. The Morgan fingerprint density at radius 3 is 2.67 bits per heavy atom. The normalized spacial score (nSPS) is 11.7. The molecule has 1 atom stereocenters. The van der Waals surface area contributed by atoms with Crippen LogP contribution in [0.15, 0.2) is 43.0 Å². The van der Waals surface area contributed by atoms with Crippen molar-refractivity contribution < 1.29 is 14.4 Å². The lowest BCUT2D eigenvalue weighted by Gasteiger charge is -2.16. The molecule has 1 unspecified atom stereocenters. The summed E-state index contributed by atoms with van der Waals surface area (Å²) in [6.45, 7) is 1.72. The van der Waals surface area contributed by atoms with E-state index in [-0.39, 0.29) is 12.1 Å². The monoisotopic (exact) mass is 367 g/mol. The quantitative estimate of drug-likeness (QED) is 0.488. The molecular weight excluding hydrogens is 350 g/mol. The maximum absolute atomic E-state index is 12.8. The number of hydrogen-bond acceptors (Lipinski definition) is 6. The summed E-state index contributed by atoms with van der Waals surface area (Å²) in [5.41, 5.74) is 5.28. The molecule has 0 fully saturated rings. The first-order chi connectivity index (χ1) is 13.0. The zero-order valence-electron chi connectivity index (χ0n) is 14.4. The Hall–Kier alpha value is -3.82. The lowest BCUT2D eigenvalue weighted by atomic mass is 10.1. The van der Waals surface area contributed by atoms with E-state index >= 15 is 0 Å². The van der Waals surface area contributed by atoms with Gasteiger partial charge < -0.3 is 16.0 Å². The zero-order valence-corrected chi connectivity index (χ0v) is 14.4. The van der Waals surface area contributed by atoms with Crippen LogP contribution < -0.4 is 11.1 Å². The van der Waals surface area contributed by atoms with E-state index in [9.17, 15) is 14.4 Å². The van der Waals surface area contributed by atoms with E-state index in [2.05, 4.69) is 25.3 Å². The average molecular weight is 367 g/mol. The number of aromatic nitrogens is 5. The molecule has 3 heterocycles. The summed E-state index contributed by atoms with van der Waals surface area (Å²) in [6, 6.07) is 4.09. The van der Waals surface area contributed by atoms with Gasteiger partial charge in [0.25, 0.3) is 11.8 Å². The molecule has 0 aliphatic heterocycles. The molecule has 0 spiro atoms. The van der Waals surface area contributed by atoms with Gasteiger partial charge >= 0.3 is 0 Å². The van der Waals surface area contributed by atoms with Crippen molar-refractivity contribution in [3.05, 3.63) is 60.3 Å². The number of amides is 2. The molecule has 0 aliphatic carbocycles. The largest absolute Gasteiger partial charge is 0.363 e. The van der Waals surface area contributed by atoms with Gasteiger partial charge in [0.1, 0.15) is 29.2 Å². The average Bonchev–Trinajstić information content (AvgIpc) is 3.30. The molecular formula is C17H17N7O3. The Balaban J connectivity index is 1.88. The van der Waals surface area contributed by atoms with Gasteiger partial charge in [0, 0.05) is 25.0 Å². The van der Waals surface area contributed by atoms with Crippen LogP contribution in [0.3, 0.4) is 0 Å². The van der Waals surface area contributed by atoms with Crippen LogP contribution in [0.1, 0.15) is 22.1 Å². The Morgan fingerprint density at radius 1 is 1.22 bits per heavy atom. The number of aryl methyl sites for hydroxylation is 1. The number of nitrogens with one attached hydrogen (secondary N) is 2. The van der Waals surface area contributed by atoms with Crippen LogP contribution in [0.4, 0.5) is 0 Å². The first-order valence-corrected chi connectivity index (χ1v) is 8.06. The lowest BCUT2D eigenvalue weighted by Crippen LogP contribution is -2.47. The number of Topliss-reactive ketones (excluding diaryl/α,β-unsaturated/α-hetero) is 1. The van der Waals surface area contributed by atoms with E-state index in [4.69, 9.17) is 5.73 Å². The molecule has 0 radical (unpaired) electrons. The number of carbonyl (C=O) groups is 3. The second-order valence-electron chi connectivity index (χ2n) is 5.71. The standard InChI is InChI=1S/C17H17N7O3/c1-10-22-9-12(24(10)14-4-2-3-5-21-14)17(27)23-11(15(25)16(18)26)8-13-19-6-7-20-13/h2-7,9,11H,8H2,1H3,(H2,18,26)(H,19,20)(H,23,27).